The minimum atomic E-state index is -3.85. The summed E-state index contributed by atoms with van der Waals surface area (Å²) in [5.41, 5.74) is 8.30. The summed E-state index contributed by atoms with van der Waals surface area (Å²) in [5.74, 6) is -0.306. The molecule has 8 rings (SSSR count). The number of methoxy groups -OCH3 is 1. The van der Waals surface area contributed by atoms with Crippen molar-refractivity contribution in [1.29, 1.82) is 0 Å². The van der Waals surface area contributed by atoms with Crippen molar-refractivity contribution in [2.24, 2.45) is 11.7 Å². The van der Waals surface area contributed by atoms with Gasteiger partial charge in [0, 0.05) is 40.7 Å². The maximum Gasteiger partial charge on any atom is 0.259 e. The van der Waals surface area contributed by atoms with Gasteiger partial charge in [-0.25, -0.2) is 18.4 Å². The van der Waals surface area contributed by atoms with Gasteiger partial charge >= 0.3 is 0 Å². The van der Waals surface area contributed by atoms with Crippen molar-refractivity contribution in [3.8, 4) is 22.2 Å². The van der Waals surface area contributed by atoms with E-state index in [0.717, 1.165) is 60.2 Å². The molecule has 5 atom stereocenters. The van der Waals surface area contributed by atoms with Gasteiger partial charge in [0.25, 0.3) is 5.91 Å². The van der Waals surface area contributed by atoms with E-state index in [2.05, 4.69) is 15.4 Å². The second-order valence-corrected chi connectivity index (χ2v) is 18.1. The number of thiazole rings is 1. The average Bonchev–Trinajstić information content (AvgIpc) is 4.09. The molecule has 2 aliphatic heterocycles. The monoisotopic (exact) mass is 762 g/mol. The standard InChI is InChI=1S/C38H46N6O7S2/c1-21-31(50-2)15-14-26-32(17-28(40-33(21)26)35-41-29(20-52-35)22-10-11-22)51-24-16-30-34(45)42-38(37(47)43-53(48,49)25-12-13-25)18-23(38)8-6-4-3-5-7-9-27(39)36(46)44(30)19-24/h6,8,14-15,17,20,22-25,27,30H,3-5,7,9-13,16,18-19,39H2,1-2H3,(H,42,45)(H,43,47)/b8-6-/t23-,24-,27+,30+,38-/m1/s1. The van der Waals surface area contributed by atoms with Crippen LogP contribution in [0.2, 0.25) is 0 Å². The topological polar surface area (TPSA) is 183 Å². The van der Waals surface area contributed by atoms with E-state index < -0.39 is 50.8 Å². The van der Waals surface area contributed by atoms with E-state index >= 15 is 0 Å². The second-order valence-electron chi connectivity index (χ2n) is 15.2. The number of nitrogens with zero attached hydrogens (tertiary/aromatic N) is 3. The predicted molar refractivity (Wildman–Crippen MR) is 200 cm³/mol. The molecule has 3 aliphatic carbocycles. The van der Waals surface area contributed by atoms with Crippen LogP contribution in [0.3, 0.4) is 0 Å². The fraction of sp³-hybridized carbons (Fsp3) is 0.553. The molecule has 282 valence electrons. The van der Waals surface area contributed by atoms with Crippen LogP contribution in [0.5, 0.6) is 11.5 Å². The van der Waals surface area contributed by atoms with Gasteiger partial charge in [-0.15, -0.1) is 11.3 Å². The van der Waals surface area contributed by atoms with E-state index in [1.54, 1.807) is 7.11 Å². The molecule has 4 fully saturated rings. The molecule has 3 amide bonds. The number of benzene rings is 1. The summed E-state index contributed by atoms with van der Waals surface area (Å²) in [7, 11) is -2.23. The molecule has 5 aliphatic rings. The van der Waals surface area contributed by atoms with Crippen LogP contribution < -0.4 is 25.2 Å². The second kappa shape index (κ2) is 14.0. The minimum absolute atomic E-state index is 0.0978. The zero-order valence-corrected chi connectivity index (χ0v) is 31.6. The number of sulfonamides is 1. The molecule has 1 aromatic carbocycles. The van der Waals surface area contributed by atoms with Crippen molar-refractivity contribution >= 4 is 50.0 Å². The Morgan fingerprint density at radius 3 is 2.66 bits per heavy atom. The first-order valence-electron chi connectivity index (χ1n) is 18.7. The van der Waals surface area contributed by atoms with E-state index in [1.807, 2.05) is 37.3 Å². The van der Waals surface area contributed by atoms with Crippen molar-refractivity contribution in [3.63, 3.8) is 0 Å². The molecule has 53 heavy (non-hydrogen) atoms. The van der Waals surface area contributed by atoms with Gasteiger partial charge in [-0.05, 0) is 70.4 Å². The highest BCUT2D eigenvalue weighted by Crippen LogP contribution is 2.46. The molecule has 4 heterocycles. The van der Waals surface area contributed by atoms with E-state index in [9.17, 15) is 22.8 Å². The normalized spacial score (nSPS) is 28.6. The number of carbonyl (C=O) groups is 3. The Bertz CT molecular complexity index is 2090. The number of pyridine rings is 1. The van der Waals surface area contributed by atoms with Crippen LogP contribution >= 0.6 is 11.3 Å². The van der Waals surface area contributed by atoms with Crippen LogP contribution in [0.25, 0.3) is 21.6 Å². The first kappa shape index (κ1) is 35.9. The molecule has 4 N–H and O–H groups in total. The van der Waals surface area contributed by atoms with E-state index in [4.69, 9.17) is 25.2 Å². The number of fused-ring (bicyclic) bond motifs is 3. The number of amides is 3. The zero-order valence-electron chi connectivity index (χ0n) is 30.0. The van der Waals surface area contributed by atoms with Crippen molar-refractivity contribution < 1.29 is 32.3 Å². The third kappa shape index (κ3) is 7.15. The summed E-state index contributed by atoms with van der Waals surface area (Å²) < 4.78 is 40.2. The molecular weight excluding hydrogens is 717 g/mol. The van der Waals surface area contributed by atoms with Gasteiger partial charge in [-0.3, -0.25) is 19.1 Å². The number of nitrogens with two attached hydrogens (primary N) is 1. The number of hydrogen-bond donors (Lipinski definition) is 3. The van der Waals surface area contributed by atoms with Gasteiger partial charge in [0.05, 0.1) is 36.2 Å². The van der Waals surface area contributed by atoms with Crippen molar-refractivity contribution in [3.05, 3.63) is 47.0 Å². The van der Waals surface area contributed by atoms with Crippen LogP contribution in [0.1, 0.15) is 87.8 Å². The smallest absolute Gasteiger partial charge is 0.259 e. The van der Waals surface area contributed by atoms with E-state index in [1.165, 1.54) is 16.2 Å². The van der Waals surface area contributed by atoms with Crippen LogP contribution in [-0.2, 0) is 24.4 Å². The number of rotatable bonds is 8. The Hall–Kier alpha value is -4.08. The molecule has 0 spiro atoms. The summed E-state index contributed by atoms with van der Waals surface area (Å²) in [6, 6.07) is 3.82. The van der Waals surface area contributed by atoms with E-state index in [0.29, 0.717) is 47.9 Å². The van der Waals surface area contributed by atoms with Gasteiger partial charge in [0.15, 0.2) is 0 Å². The molecule has 2 aromatic heterocycles. The molecule has 15 heteroatoms. The summed E-state index contributed by atoms with van der Waals surface area (Å²) in [5, 5.41) is 5.94. The number of hydrogen-bond acceptors (Lipinski definition) is 11. The highest BCUT2D eigenvalue weighted by atomic mass is 32.2. The van der Waals surface area contributed by atoms with Gasteiger partial charge in [-0.1, -0.05) is 25.0 Å². The Labute approximate surface area is 313 Å². The number of nitrogens with one attached hydrogen (secondary N) is 2. The average molecular weight is 763 g/mol. The summed E-state index contributed by atoms with van der Waals surface area (Å²) >= 11 is 1.54. The minimum Gasteiger partial charge on any atom is -0.496 e. The van der Waals surface area contributed by atoms with Crippen LogP contribution in [0, 0.1) is 12.8 Å². The van der Waals surface area contributed by atoms with Crippen molar-refractivity contribution in [1.82, 2.24) is 24.9 Å². The molecule has 1 saturated heterocycles. The van der Waals surface area contributed by atoms with Gasteiger partial charge in [0.2, 0.25) is 21.8 Å². The summed E-state index contributed by atoms with van der Waals surface area (Å²) in [6.07, 6.45) is 10.7. The lowest BCUT2D eigenvalue weighted by molar-refractivity contribution is -0.140. The van der Waals surface area contributed by atoms with Crippen LogP contribution in [0.15, 0.2) is 35.7 Å². The molecule has 0 radical (unpaired) electrons. The summed E-state index contributed by atoms with van der Waals surface area (Å²) in [6.45, 7) is 2.04. The SMILES string of the molecule is COc1ccc2c(O[C@@H]3C[C@H]4C(=O)N[C@]5(C(=O)NS(=O)(=O)C6CC6)C[C@H]5/C=C\CCCCC[C@H](N)C(=O)N4C3)cc(-c3nc(C4CC4)cs3)nc2c1C. The first-order valence-corrected chi connectivity index (χ1v) is 21.1. The number of allylic oxidation sites excluding steroid dienone is 1. The third-order valence-corrected chi connectivity index (χ3v) is 14.0. The predicted octanol–water partition coefficient (Wildman–Crippen LogP) is 4.23. The Kier molecular flexibility index (Phi) is 9.46. The van der Waals surface area contributed by atoms with Gasteiger partial charge < -0.3 is 25.4 Å². The number of ether oxygens (including phenoxy) is 2. The van der Waals surface area contributed by atoms with Crippen molar-refractivity contribution in [2.75, 3.05) is 13.7 Å². The van der Waals surface area contributed by atoms with E-state index in [-0.39, 0.29) is 31.2 Å². The summed E-state index contributed by atoms with van der Waals surface area (Å²) in [4.78, 5) is 53.3. The maximum absolute atomic E-state index is 14.3. The fourth-order valence-electron chi connectivity index (χ4n) is 7.70. The lowest BCUT2D eigenvalue weighted by Gasteiger charge is -2.28. The first-order chi connectivity index (χ1) is 25.5. The molecule has 0 unspecified atom stereocenters. The Balaban J connectivity index is 1.11. The number of carbonyl (C=O) groups excluding carboxylic acids is 3. The fourth-order valence-corrected chi connectivity index (χ4v) is 9.92. The van der Waals surface area contributed by atoms with Crippen molar-refractivity contribution in [2.45, 2.75) is 112 Å². The Morgan fingerprint density at radius 2 is 1.91 bits per heavy atom. The largest absolute Gasteiger partial charge is 0.496 e. The lowest BCUT2D eigenvalue weighted by Crippen LogP contribution is -2.57. The van der Waals surface area contributed by atoms with Crippen LogP contribution in [0.4, 0.5) is 0 Å². The third-order valence-electron chi connectivity index (χ3n) is 11.3. The zero-order chi connectivity index (χ0) is 37.1. The Morgan fingerprint density at radius 1 is 1.09 bits per heavy atom. The maximum atomic E-state index is 14.3. The number of aryl methyl sites for hydroxylation is 1. The molecule has 3 saturated carbocycles. The van der Waals surface area contributed by atoms with Gasteiger partial charge in [-0.2, -0.15) is 0 Å². The highest BCUT2D eigenvalue weighted by Gasteiger charge is 2.62. The molecular formula is C38H46N6O7S2. The molecule has 0 bridgehead atoms. The highest BCUT2D eigenvalue weighted by molar-refractivity contribution is 7.91. The quantitative estimate of drug-likeness (QED) is 0.281. The van der Waals surface area contributed by atoms with Gasteiger partial charge in [0.1, 0.15) is 39.9 Å². The number of aromatic nitrogens is 2. The molecule has 13 nitrogen and oxygen atoms in total. The lowest BCUT2D eigenvalue weighted by atomic mass is 10.1. The van der Waals surface area contributed by atoms with Crippen LogP contribution in [-0.4, -0.2) is 83.6 Å². The molecule has 3 aromatic rings.